The number of amides is 2. The number of piperidine rings is 1. The Kier molecular flexibility index (Phi) is 4.99. The van der Waals surface area contributed by atoms with E-state index in [2.05, 4.69) is 19.2 Å². The molecule has 0 aromatic carbocycles. The Labute approximate surface area is 109 Å². The summed E-state index contributed by atoms with van der Waals surface area (Å²) >= 11 is 0. The van der Waals surface area contributed by atoms with Crippen LogP contribution in [0.4, 0.5) is 4.79 Å². The molecule has 0 radical (unpaired) electrons. The van der Waals surface area contributed by atoms with Gasteiger partial charge in [-0.2, -0.15) is 0 Å². The first-order valence-electron chi connectivity index (χ1n) is 6.70. The molecule has 5 heteroatoms. The Bertz CT molecular complexity index is 309. The second-order valence-corrected chi connectivity index (χ2v) is 5.40. The number of carbonyl (C=O) groups excluding carboxylic acids is 1. The highest BCUT2D eigenvalue weighted by atomic mass is 16.4. The monoisotopic (exact) mass is 256 g/mol. The number of carbonyl (C=O) groups is 2. The lowest BCUT2D eigenvalue weighted by atomic mass is 9.78. The van der Waals surface area contributed by atoms with Crippen LogP contribution in [0, 0.1) is 5.41 Å². The standard InChI is InChI=1S/C13H24N2O3/c1-4-10(11(16)17)14-12(18)15-8-6-13(3,5-2)7-9-15/h10H,4-9H2,1-3H3,(H,14,18)(H,16,17)/t10-/m0/s1. The highest BCUT2D eigenvalue weighted by Gasteiger charge is 2.31. The summed E-state index contributed by atoms with van der Waals surface area (Å²) in [5, 5.41) is 11.5. The molecule has 0 aromatic heterocycles. The van der Waals surface area contributed by atoms with E-state index < -0.39 is 12.0 Å². The van der Waals surface area contributed by atoms with Gasteiger partial charge in [-0.15, -0.1) is 0 Å². The number of carboxylic acid groups (broad SMARTS) is 1. The summed E-state index contributed by atoms with van der Waals surface area (Å²) in [6.07, 6.45) is 3.50. The van der Waals surface area contributed by atoms with Gasteiger partial charge in [0.25, 0.3) is 0 Å². The molecule has 0 aromatic rings. The fourth-order valence-corrected chi connectivity index (χ4v) is 2.18. The molecule has 0 unspecified atom stereocenters. The fraction of sp³-hybridized carbons (Fsp3) is 0.846. The Morgan fingerprint density at radius 3 is 2.28 bits per heavy atom. The Morgan fingerprint density at radius 2 is 1.89 bits per heavy atom. The number of likely N-dealkylation sites (tertiary alicyclic amines) is 1. The van der Waals surface area contributed by atoms with Crippen molar-refractivity contribution in [2.24, 2.45) is 5.41 Å². The van der Waals surface area contributed by atoms with Gasteiger partial charge in [-0.3, -0.25) is 0 Å². The van der Waals surface area contributed by atoms with Crippen LogP contribution < -0.4 is 5.32 Å². The van der Waals surface area contributed by atoms with Crippen LogP contribution in [0.15, 0.2) is 0 Å². The highest BCUT2D eigenvalue weighted by Crippen LogP contribution is 2.33. The van der Waals surface area contributed by atoms with Crippen molar-refractivity contribution < 1.29 is 14.7 Å². The molecule has 104 valence electrons. The molecule has 2 N–H and O–H groups in total. The topological polar surface area (TPSA) is 69.6 Å². The van der Waals surface area contributed by atoms with Crippen LogP contribution in [0.2, 0.25) is 0 Å². The van der Waals surface area contributed by atoms with Gasteiger partial charge in [-0.05, 0) is 24.7 Å². The zero-order valence-electron chi connectivity index (χ0n) is 11.5. The van der Waals surface area contributed by atoms with Crippen LogP contribution in [0.3, 0.4) is 0 Å². The number of nitrogens with one attached hydrogen (secondary N) is 1. The lowest BCUT2D eigenvalue weighted by Gasteiger charge is -2.39. The number of carboxylic acids is 1. The predicted molar refractivity (Wildman–Crippen MR) is 69.5 cm³/mol. The molecule has 0 aliphatic carbocycles. The minimum absolute atomic E-state index is 0.248. The molecule has 1 fully saturated rings. The summed E-state index contributed by atoms with van der Waals surface area (Å²) in [7, 11) is 0. The molecule has 5 nitrogen and oxygen atoms in total. The molecule has 1 aliphatic rings. The van der Waals surface area contributed by atoms with Crippen molar-refractivity contribution in [3.63, 3.8) is 0 Å². The molecule has 0 spiro atoms. The highest BCUT2D eigenvalue weighted by molar-refractivity contribution is 5.82. The van der Waals surface area contributed by atoms with E-state index in [4.69, 9.17) is 5.11 Å². The largest absolute Gasteiger partial charge is 0.480 e. The lowest BCUT2D eigenvalue weighted by molar-refractivity contribution is -0.139. The number of aliphatic carboxylic acids is 1. The van der Waals surface area contributed by atoms with Gasteiger partial charge in [0.15, 0.2) is 0 Å². The van der Waals surface area contributed by atoms with Crippen molar-refractivity contribution in [2.45, 2.75) is 52.5 Å². The summed E-state index contributed by atoms with van der Waals surface area (Å²) in [4.78, 5) is 24.5. The van der Waals surface area contributed by atoms with Gasteiger partial charge in [0, 0.05) is 13.1 Å². The molecule has 1 heterocycles. The number of hydrogen-bond donors (Lipinski definition) is 2. The maximum absolute atomic E-state index is 11.9. The van der Waals surface area contributed by atoms with Gasteiger partial charge >= 0.3 is 12.0 Å². The third kappa shape index (κ3) is 3.62. The van der Waals surface area contributed by atoms with Crippen LogP contribution in [-0.4, -0.2) is 41.1 Å². The quantitative estimate of drug-likeness (QED) is 0.809. The summed E-state index contributed by atoms with van der Waals surface area (Å²) < 4.78 is 0. The average Bonchev–Trinajstić information content (AvgIpc) is 2.36. The third-order valence-electron chi connectivity index (χ3n) is 4.12. The van der Waals surface area contributed by atoms with Crippen LogP contribution in [0.5, 0.6) is 0 Å². The summed E-state index contributed by atoms with van der Waals surface area (Å²) in [5.74, 6) is -0.971. The van der Waals surface area contributed by atoms with Crippen molar-refractivity contribution in [2.75, 3.05) is 13.1 Å². The number of urea groups is 1. The number of rotatable bonds is 4. The van der Waals surface area contributed by atoms with Crippen molar-refractivity contribution in [3.05, 3.63) is 0 Å². The molecule has 2 amide bonds. The van der Waals surface area contributed by atoms with Crippen LogP contribution in [0.1, 0.15) is 46.5 Å². The van der Waals surface area contributed by atoms with E-state index in [-0.39, 0.29) is 6.03 Å². The van der Waals surface area contributed by atoms with Gasteiger partial charge in [-0.25, -0.2) is 9.59 Å². The maximum Gasteiger partial charge on any atom is 0.326 e. The van der Waals surface area contributed by atoms with Crippen molar-refractivity contribution in [1.29, 1.82) is 0 Å². The first-order valence-corrected chi connectivity index (χ1v) is 6.70. The average molecular weight is 256 g/mol. The molecule has 1 atom stereocenters. The summed E-state index contributed by atoms with van der Waals surface area (Å²) in [6, 6.07) is -1.03. The molecule has 0 bridgehead atoms. The smallest absolute Gasteiger partial charge is 0.326 e. The second kappa shape index (κ2) is 6.07. The van der Waals surface area contributed by atoms with E-state index in [1.165, 1.54) is 0 Å². The first kappa shape index (κ1) is 14.8. The van der Waals surface area contributed by atoms with E-state index in [1.807, 2.05) is 0 Å². The van der Waals surface area contributed by atoms with Gasteiger partial charge in [-0.1, -0.05) is 27.2 Å². The molecular weight excluding hydrogens is 232 g/mol. The van der Waals surface area contributed by atoms with Gasteiger partial charge in [0.05, 0.1) is 0 Å². The zero-order chi connectivity index (χ0) is 13.8. The van der Waals surface area contributed by atoms with Crippen LogP contribution >= 0.6 is 0 Å². The Morgan fingerprint density at radius 1 is 1.33 bits per heavy atom. The van der Waals surface area contributed by atoms with Gasteiger partial charge < -0.3 is 15.3 Å². The van der Waals surface area contributed by atoms with Gasteiger partial charge in [0.2, 0.25) is 0 Å². The Hall–Kier alpha value is -1.26. The van der Waals surface area contributed by atoms with E-state index in [9.17, 15) is 9.59 Å². The first-order chi connectivity index (χ1) is 8.41. The number of hydrogen-bond acceptors (Lipinski definition) is 2. The van der Waals surface area contributed by atoms with Crippen LogP contribution in [-0.2, 0) is 4.79 Å². The maximum atomic E-state index is 11.9. The van der Waals surface area contributed by atoms with E-state index in [0.29, 0.717) is 24.9 Å². The minimum Gasteiger partial charge on any atom is -0.480 e. The third-order valence-corrected chi connectivity index (χ3v) is 4.12. The molecular formula is C13H24N2O3. The summed E-state index contributed by atoms with van der Waals surface area (Å²) in [6.45, 7) is 7.60. The SMILES string of the molecule is CC[C@H](NC(=O)N1CCC(C)(CC)CC1)C(=O)O. The predicted octanol–water partition coefficient (Wildman–Crippen LogP) is 2.07. The van der Waals surface area contributed by atoms with Crippen molar-refractivity contribution in [3.8, 4) is 0 Å². The van der Waals surface area contributed by atoms with E-state index >= 15 is 0 Å². The van der Waals surface area contributed by atoms with Crippen molar-refractivity contribution in [1.82, 2.24) is 10.2 Å². The normalized spacial score (nSPS) is 20.3. The molecule has 1 aliphatic heterocycles. The van der Waals surface area contributed by atoms with Crippen molar-refractivity contribution >= 4 is 12.0 Å². The fourth-order valence-electron chi connectivity index (χ4n) is 2.18. The minimum atomic E-state index is -0.971. The zero-order valence-corrected chi connectivity index (χ0v) is 11.5. The summed E-state index contributed by atoms with van der Waals surface area (Å²) in [5.41, 5.74) is 0.327. The molecule has 0 saturated carbocycles. The molecule has 1 rings (SSSR count). The lowest BCUT2D eigenvalue weighted by Crippen LogP contribution is -2.51. The van der Waals surface area contributed by atoms with Gasteiger partial charge in [0.1, 0.15) is 6.04 Å². The number of nitrogens with zero attached hydrogens (tertiary/aromatic N) is 1. The molecule has 18 heavy (non-hydrogen) atoms. The Balaban J connectivity index is 2.47. The van der Waals surface area contributed by atoms with E-state index in [0.717, 1.165) is 19.3 Å². The molecule has 1 saturated heterocycles. The van der Waals surface area contributed by atoms with Crippen LogP contribution in [0.25, 0.3) is 0 Å². The second-order valence-electron chi connectivity index (χ2n) is 5.40. The van der Waals surface area contributed by atoms with E-state index in [1.54, 1.807) is 11.8 Å².